The van der Waals surface area contributed by atoms with Gasteiger partial charge in [-0.3, -0.25) is 14.3 Å². The number of rotatable bonds is 2. The van der Waals surface area contributed by atoms with Crippen molar-refractivity contribution in [3.8, 4) is 16.9 Å². The molecule has 31 heavy (non-hydrogen) atoms. The van der Waals surface area contributed by atoms with E-state index in [4.69, 9.17) is 0 Å². The third kappa shape index (κ3) is 3.77. The quantitative estimate of drug-likeness (QED) is 0.467. The summed E-state index contributed by atoms with van der Waals surface area (Å²) in [5, 5.41) is 4.68. The number of aromatic nitrogens is 2. The zero-order chi connectivity index (χ0) is 21.6. The second-order valence-electron chi connectivity index (χ2n) is 7.52. The summed E-state index contributed by atoms with van der Waals surface area (Å²) in [6.07, 6.45) is 0.141. The minimum atomic E-state index is -4.44. The van der Waals surface area contributed by atoms with Crippen LogP contribution in [0.4, 0.5) is 13.2 Å². The summed E-state index contributed by atoms with van der Waals surface area (Å²) in [7, 11) is 0. The van der Waals surface area contributed by atoms with Crippen molar-refractivity contribution in [3.05, 3.63) is 81.2 Å². The Morgan fingerprint density at radius 3 is 2.71 bits per heavy atom. The van der Waals surface area contributed by atoms with Gasteiger partial charge in [0.05, 0.1) is 16.9 Å². The molecule has 1 aliphatic rings. The maximum absolute atomic E-state index is 12.8. The van der Waals surface area contributed by atoms with Crippen LogP contribution in [0.25, 0.3) is 27.0 Å². The molecule has 0 saturated carbocycles. The molecule has 1 aromatic carbocycles. The van der Waals surface area contributed by atoms with E-state index in [1.807, 2.05) is 12.1 Å². The minimum absolute atomic E-state index is 0.265. The number of halogens is 3. The van der Waals surface area contributed by atoms with Crippen molar-refractivity contribution in [1.82, 2.24) is 14.9 Å². The molecule has 1 aliphatic heterocycles. The van der Waals surface area contributed by atoms with Crippen LogP contribution in [0.5, 0.6) is 0 Å². The van der Waals surface area contributed by atoms with Crippen LogP contribution in [0, 0.1) is 0 Å². The summed E-state index contributed by atoms with van der Waals surface area (Å²) < 4.78 is 40.9. The average molecular weight is 441 g/mol. The van der Waals surface area contributed by atoms with E-state index in [-0.39, 0.29) is 5.56 Å². The minimum Gasteiger partial charge on any atom is -0.312 e. The van der Waals surface area contributed by atoms with Crippen molar-refractivity contribution in [2.75, 3.05) is 6.54 Å². The second kappa shape index (κ2) is 7.62. The molecular formula is C23H18F3N3OS. The Hall–Kier alpha value is -2.97. The van der Waals surface area contributed by atoms with Gasteiger partial charge in [0.25, 0.3) is 5.56 Å². The Balaban J connectivity index is 1.49. The van der Waals surface area contributed by atoms with Gasteiger partial charge in [-0.1, -0.05) is 6.07 Å². The lowest BCUT2D eigenvalue weighted by Crippen LogP contribution is -2.16. The highest BCUT2D eigenvalue weighted by molar-refractivity contribution is 7.19. The van der Waals surface area contributed by atoms with Gasteiger partial charge in [0.15, 0.2) is 0 Å². The summed E-state index contributed by atoms with van der Waals surface area (Å²) in [5.41, 5.74) is 1.87. The van der Waals surface area contributed by atoms with Crippen LogP contribution in [0.3, 0.4) is 0 Å². The highest BCUT2D eigenvalue weighted by Crippen LogP contribution is 2.34. The van der Waals surface area contributed by atoms with Gasteiger partial charge in [-0.25, -0.2) is 0 Å². The van der Waals surface area contributed by atoms with Crippen LogP contribution in [0.2, 0.25) is 0 Å². The molecule has 4 heterocycles. The van der Waals surface area contributed by atoms with Crippen molar-refractivity contribution in [1.29, 1.82) is 0 Å². The van der Waals surface area contributed by atoms with Gasteiger partial charge < -0.3 is 5.32 Å². The molecular weight excluding hydrogens is 423 g/mol. The first-order chi connectivity index (χ1) is 14.9. The van der Waals surface area contributed by atoms with E-state index in [1.54, 1.807) is 23.6 Å². The van der Waals surface area contributed by atoms with E-state index in [2.05, 4.69) is 16.4 Å². The van der Waals surface area contributed by atoms with Crippen LogP contribution < -0.4 is 10.9 Å². The largest absolute Gasteiger partial charge is 0.417 e. The van der Waals surface area contributed by atoms with Crippen LogP contribution in [-0.2, 0) is 19.1 Å². The van der Waals surface area contributed by atoms with Crippen molar-refractivity contribution in [2.45, 2.75) is 25.6 Å². The molecule has 4 nitrogen and oxygen atoms in total. The smallest absolute Gasteiger partial charge is 0.312 e. The monoisotopic (exact) mass is 441 g/mol. The standard InChI is InChI=1S/C23H18F3N3OS/c24-23(25,26)15-3-6-19(28-12-15)14-7-9-29(22(30)10-14)16-4-5-18-17-2-1-8-27-13-21(17)31-20(18)11-16/h3-7,9-12,27H,1-2,8,13H2. The summed E-state index contributed by atoms with van der Waals surface area (Å²) in [6.45, 7) is 1.90. The molecule has 158 valence electrons. The first-order valence-corrected chi connectivity index (χ1v) is 10.7. The predicted molar refractivity (Wildman–Crippen MR) is 116 cm³/mol. The second-order valence-corrected chi connectivity index (χ2v) is 8.65. The average Bonchev–Trinajstić information content (AvgIpc) is 2.93. The number of nitrogens with zero attached hydrogens (tertiary/aromatic N) is 2. The molecule has 5 rings (SSSR count). The third-order valence-electron chi connectivity index (χ3n) is 5.51. The molecule has 0 saturated heterocycles. The van der Waals surface area contributed by atoms with E-state index < -0.39 is 11.7 Å². The molecule has 1 N–H and O–H groups in total. The molecule has 3 aromatic heterocycles. The van der Waals surface area contributed by atoms with Crippen molar-refractivity contribution in [3.63, 3.8) is 0 Å². The Morgan fingerprint density at radius 1 is 1.10 bits per heavy atom. The Morgan fingerprint density at radius 2 is 1.97 bits per heavy atom. The SMILES string of the molecule is O=c1cc(-c2ccc(C(F)(F)F)cn2)ccn1-c1ccc2c3c(sc2c1)CNCCC3. The first-order valence-electron chi connectivity index (χ1n) is 9.92. The third-order valence-corrected chi connectivity index (χ3v) is 6.71. The van der Waals surface area contributed by atoms with Crippen LogP contribution >= 0.6 is 11.3 Å². The van der Waals surface area contributed by atoms with Crippen molar-refractivity contribution < 1.29 is 13.2 Å². The number of fused-ring (bicyclic) bond motifs is 3. The highest BCUT2D eigenvalue weighted by atomic mass is 32.1. The Kier molecular flexibility index (Phi) is 4.91. The molecule has 0 unspecified atom stereocenters. The number of benzene rings is 1. The van der Waals surface area contributed by atoms with Gasteiger partial charge in [0, 0.05) is 40.1 Å². The molecule has 0 radical (unpaired) electrons. The fraction of sp³-hybridized carbons (Fsp3) is 0.217. The highest BCUT2D eigenvalue weighted by Gasteiger charge is 2.30. The summed E-state index contributed by atoms with van der Waals surface area (Å²) >= 11 is 1.75. The molecule has 0 atom stereocenters. The summed E-state index contributed by atoms with van der Waals surface area (Å²) in [6, 6.07) is 11.4. The van der Waals surface area contributed by atoms with Gasteiger partial charge in [-0.2, -0.15) is 13.2 Å². The lowest BCUT2D eigenvalue weighted by atomic mass is 10.1. The predicted octanol–water partition coefficient (Wildman–Crippen LogP) is 5.17. The lowest BCUT2D eigenvalue weighted by Gasteiger charge is -2.09. The first kappa shape index (κ1) is 20.0. The lowest BCUT2D eigenvalue weighted by molar-refractivity contribution is -0.137. The summed E-state index contributed by atoms with van der Waals surface area (Å²) in [5.74, 6) is 0. The van der Waals surface area contributed by atoms with Gasteiger partial charge in [0.2, 0.25) is 0 Å². The summed E-state index contributed by atoms with van der Waals surface area (Å²) in [4.78, 5) is 18.0. The van der Waals surface area contributed by atoms with E-state index in [0.29, 0.717) is 11.3 Å². The van der Waals surface area contributed by atoms with Gasteiger partial charge >= 0.3 is 6.18 Å². The molecule has 0 fully saturated rings. The number of thiophene rings is 1. The van der Waals surface area contributed by atoms with Crippen LogP contribution in [0.15, 0.2) is 59.7 Å². The Labute approximate surface area is 180 Å². The van der Waals surface area contributed by atoms with Crippen LogP contribution in [0.1, 0.15) is 22.4 Å². The van der Waals surface area contributed by atoms with Gasteiger partial charge in [-0.05, 0) is 60.7 Å². The zero-order valence-corrected chi connectivity index (χ0v) is 17.2. The fourth-order valence-corrected chi connectivity index (χ4v) is 5.19. The van der Waals surface area contributed by atoms with E-state index in [0.717, 1.165) is 48.6 Å². The Bertz CT molecular complexity index is 1320. The number of nitrogens with one attached hydrogen (secondary N) is 1. The van der Waals surface area contributed by atoms with Gasteiger partial charge in [0.1, 0.15) is 0 Å². The molecule has 4 aromatic rings. The molecule has 0 bridgehead atoms. The maximum Gasteiger partial charge on any atom is 0.417 e. The van der Waals surface area contributed by atoms with Crippen molar-refractivity contribution >= 4 is 21.4 Å². The molecule has 8 heteroatoms. The molecule has 0 amide bonds. The van der Waals surface area contributed by atoms with E-state index >= 15 is 0 Å². The number of pyridine rings is 2. The van der Waals surface area contributed by atoms with Crippen molar-refractivity contribution in [2.24, 2.45) is 0 Å². The normalized spacial score (nSPS) is 14.4. The fourth-order valence-electron chi connectivity index (χ4n) is 3.93. The van der Waals surface area contributed by atoms with Crippen LogP contribution in [-0.4, -0.2) is 16.1 Å². The van der Waals surface area contributed by atoms with E-state index in [1.165, 1.54) is 32.5 Å². The number of alkyl halides is 3. The topological polar surface area (TPSA) is 46.9 Å². The maximum atomic E-state index is 12.8. The number of hydrogen-bond acceptors (Lipinski definition) is 4. The number of hydrogen-bond donors (Lipinski definition) is 1. The molecule has 0 aliphatic carbocycles. The zero-order valence-electron chi connectivity index (χ0n) is 16.4. The molecule has 0 spiro atoms. The number of aryl methyl sites for hydroxylation is 1. The van der Waals surface area contributed by atoms with Gasteiger partial charge in [-0.15, -0.1) is 11.3 Å². The van der Waals surface area contributed by atoms with E-state index in [9.17, 15) is 18.0 Å².